The summed E-state index contributed by atoms with van der Waals surface area (Å²) in [6.07, 6.45) is 1.41. The van der Waals surface area contributed by atoms with E-state index in [4.69, 9.17) is 15.3 Å². The first-order valence-electron chi connectivity index (χ1n) is 7.12. The number of aromatic nitrogens is 6. The van der Waals surface area contributed by atoms with Gasteiger partial charge in [0.05, 0.1) is 19.4 Å². The number of halogens is 2. The molecule has 0 aliphatic heterocycles. The molecule has 0 fully saturated rings. The van der Waals surface area contributed by atoms with Crippen molar-refractivity contribution in [3.8, 4) is 11.6 Å². The highest BCUT2D eigenvalue weighted by atomic mass is 19.3. The van der Waals surface area contributed by atoms with Crippen molar-refractivity contribution in [2.75, 3.05) is 12.3 Å². The summed E-state index contributed by atoms with van der Waals surface area (Å²) < 4.78 is 34.4. The monoisotopic (exact) mass is 351 g/mol. The third-order valence-corrected chi connectivity index (χ3v) is 3.66. The van der Waals surface area contributed by atoms with Crippen molar-refractivity contribution in [3.05, 3.63) is 28.9 Å². The third kappa shape index (κ3) is 2.11. The Hall–Kier alpha value is -3.28. The van der Waals surface area contributed by atoms with Gasteiger partial charge in [0.2, 0.25) is 11.8 Å². The highest BCUT2D eigenvalue weighted by molar-refractivity contribution is 5.88. The van der Waals surface area contributed by atoms with E-state index in [-0.39, 0.29) is 39.7 Å². The summed E-state index contributed by atoms with van der Waals surface area (Å²) in [6, 6.07) is 3.21. The molecule has 0 unspecified atom stereocenters. The zero-order valence-electron chi connectivity index (χ0n) is 12.5. The Kier molecular flexibility index (Phi) is 3.28. The Bertz CT molecular complexity index is 1130. The van der Waals surface area contributed by atoms with E-state index in [1.165, 1.54) is 6.26 Å². The summed E-state index contributed by atoms with van der Waals surface area (Å²) in [4.78, 5) is 20.4. The lowest BCUT2D eigenvalue weighted by Crippen LogP contribution is -2.26. The van der Waals surface area contributed by atoms with Gasteiger partial charge >= 0.3 is 12.2 Å². The number of hydrogen-bond donors (Lipinski definition) is 2. The number of aliphatic hydroxyl groups is 1. The van der Waals surface area contributed by atoms with Crippen LogP contribution in [0.4, 0.5) is 14.7 Å². The van der Waals surface area contributed by atoms with Gasteiger partial charge in [0, 0.05) is 0 Å². The van der Waals surface area contributed by atoms with Crippen molar-refractivity contribution in [2.24, 2.45) is 0 Å². The summed E-state index contributed by atoms with van der Waals surface area (Å²) in [5.41, 5.74) is 4.40. The molecule has 25 heavy (non-hydrogen) atoms. The zero-order valence-corrected chi connectivity index (χ0v) is 12.5. The lowest BCUT2D eigenvalue weighted by atomic mass is 10.4. The molecule has 12 heteroatoms. The van der Waals surface area contributed by atoms with Crippen molar-refractivity contribution < 1.29 is 18.3 Å². The van der Waals surface area contributed by atoms with Crippen LogP contribution in [0.25, 0.3) is 28.4 Å². The first-order valence-corrected chi connectivity index (χ1v) is 7.12. The van der Waals surface area contributed by atoms with E-state index in [1.54, 1.807) is 12.1 Å². The van der Waals surface area contributed by atoms with Crippen LogP contribution in [0.15, 0.2) is 27.6 Å². The molecular formula is C13H11F2N7O3. The molecule has 4 heterocycles. The third-order valence-electron chi connectivity index (χ3n) is 3.66. The number of furan rings is 1. The molecule has 0 aromatic carbocycles. The Labute approximate surface area is 136 Å². The van der Waals surface area contributed by atoms with Crippen LogP contribution in [0.3, 0.4) is 0 Å². The highest BCUT2D eigenvalue weighted by Gasteiger charge is 2.26. The molecular weight excluding hydrogens is 340 g/mol. The molecule has 0 radical (unpaired) electrons. The van der Waals surface area contributed by atoms with Crippen LogP contribution in [0.2, 0.25) is 0 Å². The number of aliphatic hydroxyl groups excluding tert-OH is 1. The molecule has 4 aromatic rings. The lowest BCUT2D eigenvalue weighted by molar-refractivity contribution is 0.0701. The molecule has 0 aliphatic carbocycles. The summed E-state index contributed by atoms with van der Waals surface area (Å²) in [7, 11) is 0. The Balaban J connectivity index is 2.15. The largest absolute Gasteiger partial charge is 0.461 e. The van der Waals surface area contributed by atoms with Gasteiger partial charge in [0.1, 0.15) is 5.52 Å². The first kappa shape index (κ1) is 15.3. The van der Waals surface area contributed by atoms with E-state index < -0.39 is 18.8 Å². The highest BCUT2D eigenvalue weighted by Crippen LogP contribution is 2.25. The van der Waals surface area contributed by atoms with Gasteiger partial charge in [-0.2, -0.15) is 18.3 Å². The number of anilines is 1. The first-order chi connectivity index (χ1) is 12.0. The number of rotatable bonds is 4. The number of hydrogen-bond acceptors (Lipinski definition) is 7. The van der Waals surface area contributed by atoms with Gasteiger partial charge in [-0.3, -0.25) is 4.57 Å². The second-order valence-electron chi connectivity index (χ2n) is 5.10. The maximum absolute atomic E-state index is 13.5. The van der Waals surface area contributed by atoms with Crippen LogP contribution in [0.5, 0.6) is 0 Å². The molecule has 4 rings (SSSR count). The van der Waals surface area contributed by atoms with E-state index >= 15 is 0 Å². The maximum atomic E-state index is 13.5. The number of nitrogens with zero attached hydrogens (tertiary/aromatic N) is 6. The van der Waals surface area contributed by atoms with Crippen LogP contribution < -0.4 is 11.4 Å². The number of alkyl halides is 2. The summed E-state index contributed by atoms with van der Waals surface area (Å²) in [5, 5.41) is 13.2. The van der Waals surface area contributed by atoms with Crippen molar-refractivity contribution in [3.63, 3.8) is 0 Å². The molecule has 130 valence electrons. The zero-order chi connectivity index (χ0) is 17.7. The average Bonchev–Trinajstić information content (AvgIpc) is 3.27. The minimum Gasteiger partial charge on any atom is -0.461 e. The van der Waals surface area contributed by atoms with E-state index in [2.05, 4.69) is 15.1 Å². The summed E-state index contributed by atoms with van der Waals surface area (Å²) in [5.74, 6) is 0.261. The van der Waals surface area contributed by atoms with Crippen molar-refractivity contribution >= 4 is 22.8 Å². The van der Waals surface area contributed by atoms with Crippen LogP contribution in [0.1, 0.15) is 6.55 Å². The second-order valence-corrected chi connectivity index (χ2v) is 5.10. The van der Waals surface area contributed by atoms with E-state index in [0.29, 0.717) is 5.76 Å². The minimum absolute atomic E-state index is 0.0667. The molecule has 0 bridgehead atoms. The quantitative estimate of drug-likeness (QED) is 0.547. The van der Waals surface area contributed by atoms with E-state index in [0.717, 1.165) is 9.08 Å². The molecule has 0 spiro atoms. The fourth-order valence-electron chi connectivity index (χ4n) is 2.65. The van der Waals surface area contributed by atoms with Gasteiger partial charge in [-0.15, -0.1) is 5.10 Å². The van der Waals surface area contributed by atoms with Crippen molar-refractivity contribution in [1.82, 2.24) is 28.7 Å². The molecule has 4 aromatic heterocycles. The topological polar surface area (TPSA) is 129 Å². The van der Waals surface area contributed by atoms with Crippen LogP contribution >= 0.6 is 0 Å². The fraction of sp³-hybridized carbons (Fsp3) is 0.231. The predicted molar refractivity (Wildman–Crippen MR) is 81.0 cm³/mol. The predicted octanol–water partition coefficient (Wildman–Crippen LogP) is 0.470. The molecule has 0 atom stereocenters. The Morgan fingerprint density at radius 1 is 1.32 bits per heavy atom. The summed E-state index contributed by atoms with van der Waals surface area (Å²) in [6.45, 7) is -3.77. The molecule has 0 saturated heterocycles. The van der Waals surface area contributed by atoms with Gasteiger partial charge in [-0.05, 0) is 12.1 Å². The van der Waals surface area contributed by atoms with Gasteiger partial charge in [-0.1, -0.05) is 0 Å². The van der Waals surface area contributed by atoms with Crippen LogP contribution in [-0.2, 0) is 6.54 Å². The SMILES string of the molecule is Nc1nc2c(c3nc(-c4ccco4)nn13)n(C(F)F)c(=O)n2CCO. The second kappa shape index (κ2) is 5.37. The Morgan fingerprint density at radius 3 is 2.76 bits per heavy atom. The van der Waals surface area contributed by atoms with Crippen LogP contribution in [-0.4, -0.2) is 40.4 Å². The molecule has 3 N–H and O–H groups in total. The fourth-order valence-corrected chi connectivity index (χ4v) is 2.65. The van der Waals surface area contributed by atoms with Gasteiger partial charge in [-0.25, -0.2) is 14.3 Å². The Morgan fingerprint density at radius 2 is 2.12 bits per heavy atom. The lowest BCUT2D eigenvalue weighted by Gasteiger charge is -2.02. The molecule has 0 aliphatic rings. The normalized spacial score (nSPS) is 12.0. The number of fused-ring (bicyclic) bond motifs is 3. The summed E-state index contributed by atoms with van der Waals surface area (Å²) >= 11 is 0. The van der Waals surface area contributed by atoms with Gasteiger partial charge in [0.15, 0.2) is 17.1 Å². The van der Waals surface area contributed by atoms with Gasteiger partial charge < -0.3 is 15.3 Å². The molecule has 0 saturated carbocycles. The smallest absolute Gasteiger partial charge is 0.335 e. The van der Waals surface area contributed by atoms with Crippen LogP contribution in [0, 0.1) is 0 Å². The number of nitrogen functional groups attached to an aromatic ring is 1. The van der Waals surface area contributed by atoms with Crippen molar-refractivity contribution in [2.45, 2.75) is 13.1 Å². The van der Waals surface area contributed by atoms with Gasteiger partial charge in [0.25, 0.3) is 0 Å². The van der Waals surface area contributed by atoms with E-state index in [1.807, 2.05) is 0 Å². The minimum atomic E-state index is -3.13. The van der Waals surface area contributed by atoms with Crippen molar-refractivity contribution in [1.29, 1.82) is 0 Å². The average molecular weight is 351 g/mol. The maximum Gasteiger partial charge on any atom is 0.335 e. The standard InChI is InChI=1S/C13H11F2N7O3/c14-11(15)21-7-9(20(3-4-23)13(21)24)18-12(16)22-10(7)17-8(19-22)6-2-1-5-25-6/h1-2,5,11,23H,3-4H2,(H2,16,18). The number of nitrogens with two attached hydrogens (primary N) is 1. The number of imidazole rings is 1. The van der Waals surface area contributed by atoms with E-state index in [9.17, 15) is 13.6 Å². The molecule has 10 nitrogen and oxygen atoms in total. The molecule has 0 amide bonds.